The van der Waals surface area contributed by atoms with E-state index in [0.29, 0.717) is 10.5 Å². The van der Waals surface area contributed by atoms with Gasteiger partial charge in [-0.05, 0) is 13.3 Å². The first-order valence-corrected chi connectivity index (χ1v) is 5.39. The van der Waals surface area contributed by atoms with Gasteiger partial charge in [0.15, 0.2) is 0 Å². The summed E-state index contributed by atoms with van der Waals surface area (Å²) in [6, 6.07) is 0. The highest BCUT2D eigenvalue weighted by Crippen LogP contribution is 2.32. The van der Waals surface area contributed by atoms with Crippen molar-refractivity contribution in [3.05, 3.63) is 0 Å². The van der Waals surface area contributed by atoms with Crippen LogP contribution in [0.4, 0.5) is 0 Å². The number of rotatable bonds is 0. The van der Waals surface area contributed by atoms with E-state index in [-0.39, 0.29) is 0 Å². The van der Waals surface area contributed by atoms with Crippen molar-refractivity contribution >= 4 is 20.6 Å². The maximum atomic E-state index is 10.9. The van der Waals surface area contributed by atoms with Crippen LogP contribution in [0.15, 0.2) is 0 Å². The Morgan fingerprint density at radius 1 is 1.62 bits per heavy atom. The smallest absolute Gasteiger partial charge is 0.0835 e. The third-order valence-corrected chi connectivity index (χ3v) is 5.35. The molecule has 48 valence electrons. The fraction of sp³-hybridized carbons (Fsp3) is 1.00. The molecule has 1 rings (SSSR count). The molecule has 1 aliphatic rings. The van der Waals surface area contributed by atoms with Gasteiger partial charge in [-0.2, -0.15) is 0 Å². The highest BCUT2D eigenvalue weighted by Gasteiger charge is 2.25. The monoisotopic (exact) mass is 150 g/mol. The zero-order chi connectivity index (χ0) is 6.15. The summed E-state index contributed by atoms with van der Waals surface area (Å²) in [5.41, 5.74) is 0. The van der Waals surface area contributed by atoms with Crippen LogP contribution >= 0.6 is 10.8 Å². The first-order chi connectivity index (χ1) is 3.70. The summed E-state index contributed by atoms with van der Waals surface area (Å²) in [7, 11) is 1.02. The molecule has 0 spiro atoms. The van der Waals surface area contributed by atoms with E-state index < -0.39 is 9.83 Å². The average molecular weight is 150 g/mol. The van der Waals surface area contributed by atoms with Crippen molar-refractivity contribution in [2.24, 2.45) is 0 Å². The molecular formula is C5H10OS2. The van der Waals surface area contributed by atoms with Gasteiger partial charge in [-0.1, -0.05) is 17.7 Å². The normalized spacial score (nSPS) is 47.5. The largest absolute Gasteiger partial charge is 0.248 e. The lowest BCUT2D eigenvalue weighted by molar-refractivity contribution is 0.680. The van der Waals surface area contributed by atoms with E-state index in [4.69, 9.17) is 0 Å². The lowest BCUT2D eigenvalue weighted by Gasteiger charge is -1.92. The Bertz CT molecular complexity index is 113. The molecule has 1 aliphatic heterocycles. The lowest BCUT2D eigenvalue weighted by atomic mass is 10.3. The van der Waals surface area contributed by atoms with E-state index in [2.05, 4.69) is 6.92 Å². The molecule has 0 saturated carbocycles. The van der Waals surface area contributed by atoms with Gasteiger partial charge in [0.25, 0.3) is 0 Å². The molecule has 0 N–H and O–H groups in total. The van der Waals surface area contributed by atoms with Gasteiger partial charge in [0.2, 0.25) is 0 Å². The van der Waals surface area contributed by atoms with Crippen LogP contribution in [0.3, 0.4) is 0 Å². The van der Waals surface area contributed by atoms with Gasteiger partial charge >= 0.3 is 0 Å². The minimum absolute atomic E-state index is 0.426. The van der Waals surface area contributed by atoms with Gasteiger partial charge < -0.3 is 0 Å². The van der Waals surface area contributed by atoms with Crippen LogP contribution in [-0.4, -0.2) is 14.7 Å². The summed E-state index contributed by atoms with van der Waals surface area (Å²) in [6.45, 7) is 4.18. The fourth-order valence-electron chi connectivity index (χ4n) is 0.842. The highest BCUT2D eigenvalue weighted by molar-refractivity contribution is 8.70. The molecule has 1 saturated heterocycles. The van der Waals surface area contributed by atoms with Gasteiger partial charge in [-0.15, -0.1) is 0 Å². The Hall–Kier alpha value is 0.500. The second-order valence-corrected chi connectivity index (χ2v) is 6.10. The molecule has 0 aromatic rings. The minimum Gasteiger partial charge on any atom is -0.248 e. The SMILES string of the molecule is C[C@@H]1C[C@H](C)[S@](=O)S1. The Morgan fingerprint density at radius 2 is 2.25 bits per heavy atom. The molecule has 3 atom stereocenters. The third kappa shape index (κ3) is 1.26. The third-order valence-electron chi connectivity index (χ3n) is 1.25. The highest BCUT2D eigenvalue weighted by atomic mass is 33.1. The molecule has 1 fully saturated rings. The molecule has 0 unspecified atom stereocenters. The second kappa shape index (κ2) is 2.40. The van der Waals surface area contributed by atoms with Crippen molar-refractivity contribution in [3.8, 4) is 0 Å². The van der Waals surface area contributed by atoms with Gasteiger partial charge in [0.05, 0.1) is 9.83 Å². The summed E-state index contributed by atoms with van der Waals surface area (Å²) >= 11 is 0. The van der Waals surface area contributed by atoms with E-state index in [9.17, 15) is 4.21 Å². The molecule has 0 aromatic heterocycles. The number of hydrogen-bond acceptors (Lipinski definition) is 2. The van der Waals surface area contributed by atoms with E-state index in [1.54, 1.807) is 10.8 Å². The summed E-state index contributed by atoms with van der Waals surface area (Å²) < 4.78 is 10.9. The Kier molecular flexibility index (Phi) is 1.98. The summed E-state index contributed by atoms with van der Waals surface area (Å²) in [5, 5.41) is 1.04. The van der Waals surface area contributed by atoms with E-state index in [0.717, 1.165) is 6.42 Å². The minimum atomic E-state index is -0.581. The molecule has 0 radical (unpaired) electrons. The molecule has 0 amide bonds. The van der Waals surface area contributed by atoms with Crippen LogP contribution < -0.4 is 0 Å². The van der Waals surface area contributed by atoms with E-state index >= 15 is 0 Å². The Balaban J connectivity index is 2.51. The van der Waals surface area contributed by atoms with Crippen molar-refractivity contribution in [2.75, 3.05) is 0 Å². The van der Waals surface area contributed by atoms with Gasteiger partial charge in [0.1, 0.15) is 0 Å². The van der Waals surface area contributed by atoms with Crippen LogP contribution in [0, 0.1) is 0 Å². The zero-order valence-electron chi connectivity index (χ0n) is 5.09. The zero-order valence-corrected chi connectivity index (χ0v) is 6.72. The molecule has 1 heterocycles. The first-order valence-electron chi connectivity index (χ1n) is 2.78. The topological polar surface area (TPSA) is 17.1 Å². The van der Waals surface area contributed by atoms with Crippen molar-refractivity contribution in [1.82, 2.24) is 0 Å². The lowest BCUT2D eigenvalue weighted by Crippen LogP contribution is -1.99. The quantitative estimate of drug-likeness (QED) is 0.487. The van der Waals surface area contributed by atoms with Gasteiger partial charge in [0, 0.05) is 10.5 Å². The molecular weight excluding hydrogens is 140 g/mol. The standard InChI is InChI=1S/C5H10OS2/c1-4-3-5(2)8(6)7-4/h4-5H,3H2,1-2H3/t4-,5+,8-/m1/s1. The predicted molar refractivity (Wildman–Crippen MR) is 39.3 cm³/mol. The second-order valence-electron chi connectivity index (χ2n) is 2.21. The summed E-state index contributed by atoms with van der Waals surface area (Å²) in [4.78, 5) is 0. The Morgan fingerprint density at radius 3 is 2.38 bits per heavy atom. The van der Waals surface area contributed by atoms with Crippen molar-refractivity contribution in [3.63, 3.8) is 0 Å². The van der Waals surface area contributed by atoms with E-state index in [1.165, 1.54) is 0 Å². The van der Waals surface area contributed by atoms with Crippen LogP contribution in [0.25, 0.3) is 0 Å². The van der Waals surface area contributed by atoms with Crippen LogP contribution in [0.1, 0.15) is 20.3 Å². The summed E-state index contributed by atoms with van der Waals surface area (Å²) in [5.74, 6) is 0. The molecule has 3 heteroatoms. The molecule has 0 aromatic carbocycles. The van der Waals surface area contributed by atoms with Crippen LogP contribution in [0.5, 0.6) is 0 Å². The van der Waals surface area contributed by atoms with Gasteiger partial charge in [-0.25, -0.2) is 4.21 Å². The molecule has 0 aliphatic carbocycles. The van der Waals surface area contributed by atoms with Crippen LogP contribution in [0.2, 0.25) is 0 Å². The van der Waals surface area contributed by atoms with Crippen molar-refractivity contribution in [1.29, 1.82) is 0 Å². The predicted octanol–water partition coefficient (Wildman–Crippen LogP) is 1.56. The fourth-order valence-corrected chi connectivity index (χ4v) is 4.30. The maximum Gasteiger partial charge on any atom is 0.0835 e. The first kappa shape index (κ1) is 6.62. The van der Waals surface area contributed by atoms with Gasteiger partial charge in [-0.3, -0.25) is 0 Å². The molecule has 0 bridgehead atoms. The average Bonchev–Trinajstić information content (AvgIpc) is 1.85. The Labute approximate surface area is 56.1 Å². The molecule has 1 nitrogen and oxygen atoms in total. The van der Waals surface area contributed by atoms with E-state index in [1.807, 2.05) is 6.92 Å². The van der Waals surface area contributed by atoms with Crippen LogP contribution in [-0.2, 0) is 9.83 Å². The van der Waals surface area contributed by atoms with Crippen molar-refractivity contribution < 1.29 is 4.21 Å². The maximum absolute atomic E-state index is 10.9. The molecule has 8 heavy (non-hydrogen) atoms. The number of hydrogen-bond donors (Lipinski definition) is 0. The summed E-state index contributed by atoms with van der Waals surface area (Å²) in [6.07, 6.45) is 1.12. The van der Waals surface area contributed by atoms with Crippen molar-refractivity contribution in [2.45, 2.75) is 30.8 Å².